The van der Waals surface area contributed by atoms with Crippen LogP contribution in [0.5, 0.6) is 0 Å². The standard InChI is InChI=1S/C17H18FN/c18-17-8-4-7-16(12-17)15-6-3-5-14(11-15)13-19-9-1-2-10-19/h3-8,11-12H,1-2,9-10,13H2. The lowest BCUT2D eigenvalue weighted by atomic mass is 10.0. The maximum absolute atomic E-state index is 13.3. The van der Waals surface area contributed by atoms with Crippen LogP contribution < -0.4 is 0 Å². The van der Waals surface area contributed by atoms with Gasteiger partial charge in [0.1, 0.15) is 5.82 Å². The van der Waals surface area contributed by atoms with Crippen molar-refractivity contribution < 1.29 is 4.39 Å². The molecular weight excluding hydrogens is 237 g/mol. The minimum Gasteiger partial charge on any atom is -0.299 e. The first-order valence-corrected chi connectivity index (χ1v) is 6.88. The first kappa shape index (κ1) is 12.4. The highest BCUT2D eigenvalue weighted by atomic mass is 19.1. The molecule has 0 aromatic heterocycles. The third-order valence-corrected chi connectivity index (χ3v) is 3.69. The molecule has 0 N–H and O–H groups in total. The van der Waals surface area contributed by atoms with Gasteiger partial charge in [-0.05, 0) is 60.8 Å². The number of halogens is 1. The van der Waals surface area contributed by atoms with Crippen molar-refractivity contribution in [2.24, 2.45) is 0 Å². The fourth-order valence-electron chi connectivity index (χ4n) is 2.72. The second-order valence-corrected chi connectivity index (χ2v) is 5.19. The van der Waals surface area contributed by atoms with Crippen LogP contribution in [0.3, 0.4) is 0 Å². The summed E-state index contributed by atoms with van der Waals surface area (Å²) >= 11 is 0. The predicted molar refractivity (Wildman–Crippen MR) is 76.3 cm³/mol. The van der Waals surface area contributed by atoms with Gasteiger partial charge in [0.05, 0.1) is 0 Å². The maximum Gasteiger partial charge on any atom is 0.123 e. The zero-order chi connectivity index (χ0) is 13.1. The van der Waals surface area contributed by atoms with E-state index in [9.17, 15) is 4.39 Å². The molecule has 0 saturated carbocycles. The molecule has 0 spiro atoms. The summed E-state index contributed by atoms with van der Waals surface area (Å²) in [7, 11) is 0. The topological polar surface area (TPSA) is 3.24 Å². The molecule has 1 aliphatic heterocycles. The zero-order valence-electron chi connectivity index (χ0n) is 11.0. The SMILES string of the molecule is Fc1cccc(-c2cccc(CN3CCCC3)c2)c1. The van der Waals surface area contributed by atoms with E-state index in [1.807, 2.05) is 12.1 Å². The van der Waals surface area contributed by atoms with Crippen molar-refractivity contribution in [3.8, 4) is 11.1 Å². The Labute approximate surface area is 113 Å². The van der Waals surface area contributed by atoms with Gasteiger partial charge in [-0.25, -0.2) is 4.39 Å². The third kappa shape index (κ3) is 3.02. The van der Waals surface area contributed by atoms with Crippen molar-refractivity contribution in [3.05, 3.63) is 59.9 Å². The van der Waals surface area contributed by atoms with Crippen LogP contribution in [-0.2, 0) is 6.54 Å². The van der Waals surface area contributed by atoms with E-state index in [0.717, 1.165) is 17.7 Å². The van der Waals surface area contributed by atoms with Gasteiger partial charge in [0.2, 0.25) is 0 Å². The summed E-state index contributed by atoms with van der Waals surface area (Å²) in [6.45, 7) is 3.40. The van der Waals surface area contributed by atoms with Crippen LogP contribution in [0.15, 0.2) is 48.5 Å². The van der Waals surface area contributed by atoms with Gasteiger partial charge in [0.15, 0.2) is 0 Å². The van der Waals surface area contributed by atoms with Crippen molar-refractivity contribution >= 4 is 0 Å². The Morgan fingerprint density at radius 3 is 2.32 bits per heavy atom. The smallest absolute Gasteiger partial charge is 0.123 e. The molecule has 1 nitrogen and oxygen atoms in total. The van der Waals surface area contributed by atoms with Gasteiger partial charge in [-0.3, -0.25) is 4.90 Å². The normalized spacial score (nSPS) is 15.8. The summed E-state index contributed by atoms with van der Waals surface area (Å²) in [4.78, 5) is 2.48. The van der Waals surface area contributed by atoms with E-state index in [0.29, 0.717) is 0 Å². The van der Waals surface area contributed by atoms with Gasteiger partial charge < -0.3 is 0 Å². The first-order chi connectivity index (χ1) is 9.31. The third-order valence-electron chi connectivity index (χ3n) is 3.69. The van der Waals surface area contributed by atoms with E-state index < -0.39 is 0 Å². The Morgan fingerprint density at radius 2 is 1.58 bits per heavy atom. The van der Waals surface area contributed by atoms with Crippen molar-refractivity contribution in [2.45, 2.75) is 19.4 Å². The monoisotopic (exact) mass is 255 g/mol. The van der Waals surface area contributed by atoms with Gasteiger partial charge >= 0.3 is 0 Å². The molecule has 1 fully saturated rings. The Hall–Kier alpha value is -1.67. The number of nitrogens with zero attached hydrogens (tertiary/aromatic N) is 1. The lowest BCUT2D eigenvalue weighted by Crippen LogP contribution is -2.18. The van der Waals surface area contributed by atoms with Crippen LogP contribution in [0.25, 0.3) is 11.1 Å². The lowest BCUT2D eigenvalue weighted by Gasteiger charge is -2.15. The van der Waals surface area contributed by atoms with Crippen molar-refractivity contribution in [2.75, 3.05) is 13.1 Å². The van der Waals surface area contributed by atoms with Crippen LogP contribution in [0.2, 0.25) is 0 Å². The summed E-state index contributed by atoms with van der Waals surface area (Å²) in [5, 5.41) is 0. The molecule has 0 amide bonds. The molecule has 1 heterocycles. The average molecular weight is 255 g/mol. The average Bonchev–Trinajstić information content (AvgIpc) is 2.92. The highest BCUT2D eigenvalue weighted by molar-refractivity contribution is 5.64. The summed E-state index contributed by atoms with van der Waals surface area (Å²) in [5.74, 6) is -0.178. The van der Waals surface area contributed by atoms with Gasteiger partial charge in [-0.2, -0.15) is 0 Å². The fraction of sp³-hybridized carbons (Fsp3) is 0.294. The summed E-state index contributed by atoms with van der Waals surface area (Å²) in [6.07, 6.45) is 2.62. The van der Waals surface area contributed by atoms with Crippen LogP contribution in [0.4, 0.5) is 4.39 Å². The quantitative estimate of drug-likeness (QED) is 0.798. The Balaban J connectivity index is 1.82. The predicted octanol–water partition coefficient (Wildman–Crippen LogP) is 4.09. The van der Waals surface area contributed by atoms with Gasteiger partial charge in [0, 0.05) is 6.54 Å². The van der Waals surface area contributed by atoms with E-state index in [1.54, 1.807) is 12.1 Å². The van der Waals surface area contributed by atoms with E-state index in [-0.39, 0.29) is 5.82 Å². The van der Waals surface area contributed by atoms with E-state index >= 15 is 0 Å². The van der Waals surface area contributed by atoms with Gasteiger partial charge in [-0.1, -0.05) is 30.3 Å². The van der Waals surface area contributed by atoms with E-state index in [1.165, 1.54) is 37.6 Å². The molecular formula is C17H18FN. The molecule has 1 aliphatic rings. The van der Waals surface area contributed by atoms with Crippen molar-refractivity contribution in [1.29, 1.82) is 0 Å². The largest absolute Gasteiger partial charge is 0.299 e. The molecule has 2 aromatic carbocycles. The number of likely N-dealkylation sites (tertiary alicyclic amines) is 1. The van der Waals surface area contributed by atoms with Gasteiger partial charge in [0.25, 0.3) is 0 Å². The highest BCUT2D eigenvalue weighted by Gasteiger charge is 2.11. The maximum atomic E-state index is 13.3. The first-order valence-electron chi connectivity index (χ1n) is 6.88. The van der Waals surface area contributed by atoms with Crippen molar-refractivity contribution in [1.82, 2.24) is 4.90 Å². The number of rotatable bonds is 3. The molecule has 0 atom stereocenters. The minimum atomic E-state index is -0.178. The summed E-state index contributed by atoms with van der Waals surface area (Å²) < 4.78 is 13.3. The summed E-state index contributed by atoms with van der Waals surface area (Å²) in [5.41, 5.74) is 3.35. The van der Waals surface area contributed by atoms with Crippen LogP contribution >= 0.6 is 0 Å². The lowest BCUT2D eigenvalue weighted by molar-refractivity contribution is 0.331. The molecule has 0 bridgehead atoms. The van der Waals surface area contributed by atoms with Crippen LogP contribution in [0, 0.1) is 5.82 Å². The van der Waals surface area contributed by atoms with E-state index in [4.69, 9.17) is 0 Å². The minimum absolute atomic E-state index is 0.178. The fourth-order valence-corrected chi connectivity index (χ4v) is 2.72. The molecule has 3 rings (SSSR count). The number of hydrogen-bond acceptors (Lipinski definition) is 1. The molecule has 0 radical (unpaired) electrons. The molecule has 0 unspecified atom stereocenters. The van der Waals surface area contributed by atoms with E-state index in [2.05, 4.69) is 23.1 Å². The summed E-state index contributed by atoms with van der Waals surface area (Å²) in [6, 6.07) is 15.2. The zero-order valence-corrected chi connectivity index (χ0v) is 11.0. The second kappa shape index (κ2) is 5.54. The van der Waals surface area contributed by atoms with Gasteiger partial charge in [-0.15, -0.1) is 0 Å². The molecule has 0 aliphatic carbocycles. The number of hydrogen-bond donors (Lipinski definition) is 0. The molecule has 19 heavy (non-hydrogen) atoms. The molecule has 2 heteroatoms. The van der Waals surface area contributed by atoms with Crippen LogP contribution in [-0.4, -0.2) is 18.0 Å². The molecule has 98 valence electrons. The van der Waals surface area contributed by atoms with Crippen LogP contribution in [0.1, 0.15) is 18.4 Å². The molecule has 1 saturated heterocycles. The van der Waals surface area contributed by atoms with Crippen molar-refractivity contribution in [3.63, 3.8) is 0 Å². The Morgan fingerprint density at radius 1 is 0.895 bits per heavy atom. The second-order valence-electron chi connectivity index (χ2n) is 5.19. The Bertz CT molecular complexity index is 559. The molecule has 2 aromatic rings. The number of benzene rings is 2. The highest BCUT2D eigenvalue weighted by Crippen LogP contribution is 2.22. The Kier molecular flexibility index (Phi) is 3.60.